The van der Waals surface area contributed by atoms with Crippen LogP contribution in [0, 0.1) is 6.92 Å². The number of hydrogen-bond acceptors (Lipinski definition) is 5. The lowest BCUT2D eigenvalue weighted by molar-refractivity contribution is -0.140. The number of H-pyrrole nitrogens is 1. The summed E-state index contributed by atoms with van der Waals surface area (Å²) in [5, 5.41) is 7.35. The highest BCUT2D eigenvalue weighted by Gasteiger charge is 2.30. The predicted octanol–water partition coefficient (Wildman–Crippen LogP) is 3.36. The van der Waals surface area contributed by atoms with Crippen LogP contribution in [0.15, 0.2) is 35.3 Å². The quantitative estimate of drug-likeness (QED) is 0.441. The molecular weight excluding hydrogens is 454 g/mol. The second-order valence-corrected chi connectivity index (χ2v) is 8.71. The van der Waals surface area contributed by atoms with Gasteiger partial charge in [-0.2, -0.15) is 13.2 Å². The average molecular weight is 477 g/mol. The van der Waals surface area contributed by atoms with Crippen LogP contribution in [0.25, 0.3) is 27.7 Å². The molecule has 0 aliphatic carbocycles. The molecule has 34 heavy (non-hydrogen) atoms. The van der Waals surface area contributed by atoms with Crippen molar-refractivity contribution in [1.29, 1.82) is 0 Å². The molecule has 2 N–H and O–H groups in total. The number of imidazole rings is 1. The minimum absolute atomic E-state index is 0.159. The topological polar surface area (TPSA) is 83.2 Å². The fourth-order valence-corrected chi connectivity index (χ4v) is 4.51. The van der Waals surface area contributed by atoms with E-state index in [1.54, 1.807) is 30.5 Å². The maximum absolute atomic E-state index is 14.4. The highest BCUT2D eigenvalue weighted by Crippen LogP contribution is 2.29. The zero-order valence-corrected chi connectivity index (χ0v) is 18.5. The summed E-state index contributed by atoms with van der Waals surface area (Å²) in [6.45, 7) is 1.39. The first-order valence-corrected chi connectivity index (χ1v) is 10.8. The molecule has 1 aliphatic heterocycles. The van der Waals surface area contributed by atoms with Gasteiger partial charge in [-0.15, -0.1) is 5.10 Å². The van der Waals surface area contributed by atoms with E-state index in [2.05, 4.69) is 20.4 Å². The number of aromatic nitrogens is 5. The molecule has 5 rings (SSSR count). The second kappa shape index (κ2) is 8.12. The summed E-state index contributed by atoms with van der Waals surface area (Å²) in [6.07, 6.45) is -3.33. The number of fused-ring (bicyclic) bond motifs is 2. The number of hydrogen-bond donors (Lipinski definition) is 2. The number of rotatable bonds is 4. The van der Waals surface area contributed by atoms with Gasteiger partial charge in [0.2, 0.25) is 5.95 Å². The fourth-order valence-electron chi connectivity index (χ4n) is 4.51. The first-order chi connectivity index (χ1) is 16.1. The molecule has 8 nitrogen and oxygen atoms in total. The summed E-state index contributed by atoms with van der Waals surface area (Å²) in [5.41, 5.74) is 1.63. The number of likely N-dealkylation sites (tertiary alicyclic amines) is 1. The third-order valence-electron chi connectivity index (χ3n) is 6.18. The van der Waals surface area contributed by atoms with Crippen LogP contribution in [-0.2, 0) is 6.54 Å². The van der Waals surface area contributed by atoms with Gasteiger partial charge in [-0.05, 0) is 44.2 Å². The summed E-state index contributed by atoms with van der Waals surface area (Å²) in [6, 6.07) is 6.14. The number of alkyl halides is 4. The Bertz CT molecular complexity index is 1420. The summed E-state index contributed by atoms with van der Waals surface area (Å²) in [4.78, 5) is 21.7. The van der Waals surface area contributed by atoms with Crippen molar-refractivity contribution in [2.45, 2.75) is 38.3 Å². The maximum Gasteiger partial charge on any atom is 0.406 e. The molecule has 180 valence electrons. The number of nitrogens with one attached hydrogen (secondary N) is 2. The molecule has 1 fully saturated rings. The number of anilines is 1. The van der Waals surface area contributed by atoms with Crippen molar-refractivity contribution in [2.75, 3.05) is 25.5 Å². The van der Waals surface area contributed by atoms with Gasteiger partial charge in [-0.3, -0.25) is 9.78 Å². The first kappa shape index (κ1) is 22.4. The first-order valence-electron chi connectivity index (χ1n) is 10.8. The highest BCUT2D eigenvalue weighted by molar-refractivity contribution is 5.87. The molecule has 0 saturated carbocycles. The van der Waals surface area contributed by atoms with E-state index >= 15 is 0 Å². The van der Waals surface area contributed by atoms with E-state index in [1.165, 1.54) is 11.4 Å². The third kappa shape index (κ3) is 4.13. The van der Waals surface area contributed by atoms with Crippen LogP contribution in [0.2, 0.25) is 0 Å². The molecule has 2 atom stereocenters. The Morgan fingerprint density at radius 2 is 2.06 bits per heavy atom. The van der Waals surface area contributed by atoms with Crippen LogP contribution < -0.4 is 10.9 Å². The van der Waals surface area contributed by atoms with Crippen molar-refractivity contribution >= 4 is 22.5 Å². The van der Waals surface area contributed by atoms with Gasteiger partial charge in [0.15, 0.2) is 0 Å². The van der Waals surface area contributed by atoms with Gasteiger partial charge >= 0.3 is 6.18 Å². The summed E-state index contributed by atoms with van der Waals surface area (Å²) in [5.74, 6) is 0.410. The Kier molecular flexibility index (Phi) is 5.34. The zero-order valence-electron chi connectivity index (χ0n) is 18.5. The van der Waals surface area contributed by atoms with E-state index in [4.69, 9.17) is 0 Å². The minimum Gasteiger partial charge on any atom is -0.349 e. The van der Waals surface area contributed by atoms with E-state index in [0.29, 0.717) is 35.1 Å². The molecule has 1 aliphatic rings. The van der Waals surface area contributed by atoms with Gasteiger partial charge in [0.05, 0.1) is 17.1 Å². The van der Waals surface area contributed by atoms with Gasteiger partial charge in [0.1, 0.15) is 24.1 Å². The summed E-state index contributed by atoms with van der Waals surface area (Å²) >= 11 is 0. The number of benzene rings is 1. The van der Waals surface area contributed by atoms with Crippen molar-refractivity contribution in [2.24, 2.45) is 0 Å². The highest BCUT2D eigenvalue weighted by atomic mass is 19.4. The molecule has 1 aromatic carbocycles. The van der Waals surface area contributed by atoms with Crippen molar-refractivity contribution in [3.63, 3.8) is 0 Å². The van der Waals surface area contributed by atoms with Gasteiger partial charge in [0, 0.05) is 24.8 Å². The Morgan fingerprint density at radius 3 is 2.79 bits per heavy atom. The number of nitrogens with zero attached hydrogens (tertiary/aromatic N) is 5. The van der Waals surface area contributed by atoms with Crippen LogP contribution in [0.3, 0.4) is 0 Å². The lowest BCUT2D eigenvalue weighted by Gasteiger charge is -2.32. The van der Waals surface area contributed by atoms with Crippen LogP contribution in [0.1, 0.15) is 12.2 Å². The zero-order chi connectivity index (χ0) is 24.2. The molecule has 0 unspecified atom stereocenters. The molecule has 0 amide bonds. The van der Waals surface area contributed by atoms with Gasteiger partial charge in [0.25, 0.3) is 5.56 Å². The van der Waals surface area contributed by atoms with Crippen molar-refractivity contribution in [3.05, 3.63) is 46.6 Å². The molecule has 3 aromatic heterocycles. The molecule has 0 radical (unpaired) electrons. The molecular formula is C22H23F4N7O. The average Bonchev–Trinajstić information content (AvgIpc) is 3.30. The summed E-state index contributed by atoms with van der Waals surface area (Å²) in [7, 11) is 1.85. The van der Waals surface area contributed by atoms with Crippen LogP contribution >= 0.6 is 0 Å². The standard InChI is InChI=1S/C22H23F4N7O/c1-12-27-17-4-3-13(9-18(17)32(12)11-22(24,25)26)14-5-8-33-19(14)20(34)29-21(30-33)28-16-6-7-31(2)10-15(16)23/h3-5,8-9,15-16H,6-7,10-11H2,1-2H3,(H2,28,29,30,34)/t15-,16+/m1/s1. The largest absolute Gasteiger partial charge is 0.406 e. The predicted molar refractivity (Wildman–Crippen MR) is 120 cm³/mol. The Labute approximate surface area is 191 Å². The molecule has 1 saturated heterocycles. The SMILES string of the molecule is Cc1nc2ccc(-c3ccn4nc(N[C@H]5CCN(C)C[C@H]5F)[nH]c(=O)c34)cc2n1CC(F)(F)F. The monoisotopic (exact) mass is 477 g/mol. The maximum atomic E-state index is 14.4. The normalized spacial score (nSPS) is 19.8. The van der Waals surface area contributed by atoms with Crippen LogP contribution in [-0.4, -0.2) is 67.6 Å². The number of piperidine rings is 1. The lowest BCUT2D eigenvalue weighted by atomic mass is 10.0. The second-order valence-electron chi connectivity index (χ2n) is 8.71. The third-order valence-corrected chi connectivity index (χ3v) is 6.18. The van der Waals surface area contributed by atoms with Gasteiger partial charge in [-0.1, -0.05) is 6.07 Å². The minimum atomic E-state index is -4.39. The van der Waals surface area contributed by atoms with Gasteiger partial charge < -0.3 is 14.8 Å². The summed E-state index contributed by atoms with van der Waals surface area (Å²) < 4.78 is 56.1. The number of aromatic amines is 1. The number of halogens is 4. The Balaban J connectivity index is 1.51. The van der Waals surface area contributed by atoms with E-state index in [-0.39, 0.29) is 17.3 Å². The van der Waals surface area contributed by atoms with Crippen LogP contribution in [0.5, 0.6) is 0 Å². The number of aryl methyl sites for hydroxylation is 1. The van der Waals surface area contributed by atoms with E-state index in [1.807, 2.05) is 11.9 Å². The molecule has 12 heteroatoms. The Morgan fingerprint density at radius 1 is 1.26 bits per heavy atom. The smallest absolute Gasteiger partial charge is 0.349 e. The molecule has 0 spiro atoms. The van der Waals surface area contributed by atoms with Crippen LogP contribution in [0.4, 0.5) is 23.5 Å². The van der Waals surface area contributed by atoms with E-state index in [0.717, 1.165) is 11.1 Å². The van der Waals surface area contributed by atoms with Crippen molar-refractivity contribution in [1.82, 2.24) is 29.0 Å². The molecule has 4 aromatic rings. The fraction of sp³-hybridized carbons (Fsp3) is 0.409. The van der Waals surface area contributed by atoms with Crippen molar-refractivity contribution < 1.29 is 17.6 Å². The van der Waals surface area contributed by atoms with E-state index < -0.39 is 30.5 Å². The van der Waals surface area contributed by atoms with E-state index in [9.17, 15) is 22.4 Å². The van der Waals surface area contributed by atoms with Crippen molar-refractivity contribution in [3.8, 4) is 11.1 Å². The molecule has 0 bridgehead atoms. The lowest BCUT2D eigenvalue weighted by Crippen LogP contribution is -2.46. The Hall–Kier alpha value is -3.41. The van der Waals surface area contributed by atoms with Gasteiger partial charge in [-0.25, -0.2) is 13.9 Å². The molecule has 4 heterocycles.